The van der Waals surface area contributed by atoms with Crippen LogP contribution in [0.5, 0.6) is 5.75 Å². The molecule has 0 atom stereocenters. The van der Waals surface area contributed by atoms with Crippen LogP contribution in [-0.4, -0.2) is 12.5 Å². The second kappa shape index (κ2) is 11.1. The molecule has 4 nitrogen and oxygen atoms in total. The van der Waals surface area contributed by atoms with Crippen LogP contribution >= 0.6 is 62.3 Å². The predicted octanol–water partition coefficient (Wildman–Crippen LogP) is 8.14. The first-order valence-corrected chi connectivity index (χ1v) is 11.3. The van der Waals surface area contributed by atoms with Crippen LogP contribution in [0.4, 0.5) is 5.69 Å². The molecule has 0 radical (unpaired) electrons. The maximum Gasteiger partial charge on any atom is 0.262 e. The van der Waals surface area contributed by atoms with Crippen molar-refractivity contribution in [1.82, 2.24) is 0 Å². The molecule has 0 bridgehead atoms. The molecule has 0 spiro atoms. The number of carbonyl (C=O) groups excluding carboxylic acids is 1. The van der Waals surface area contributed by atoms with Crippen molar-refractivity contribution in [3.63, 3.8) is 0 Å². The molecule has 3 rings (SSSR count). The number of nitrogens with one attached hydrogen (secondary N) is 1. The van der Waals surface area contributed by atoms with Gasteiger partial charge >= 0.3 is 0 Å². The number of hydrogen-bond donors (Lipinski definition) is 1. The first-order valence-electron chi connectivity index (χ1n) is 9.01. The lowest BCUT2D eigenvalue weighted by Crippen LogP contribution is -2.20. The highest BCUT2D eigenvalue weighted by molar-refractivity contribution is 9.10. The van der Waals surface area contributed by atoms with Gasteiger partial charge in [-0.1, -0.05) is 74.5 Å². The fourth-order valence-corrected chi connectivity index (χ4v) is 3.86. The van der Waals surface area contributed by atoms with E-state index in [1.807, 2.05) is 24.3 Å². The quantitative estimate of drug-likeness (QED) is 0.240. The van der Waals surface area contributed by atoms with Crippen molar-refractivity contribution in [2.75, 3.05) is 11.9 Å². The predicted molar refractivity (Wildman–Crippen MR) is 135 cm³/mol. The molecular weight excluding hydrogens is 558 g/mol. The fourth-order valence-electron chi connectivity index (χ4n) is 2.69. The highest BCUT2D eigenvalue weighted by atomic mass is 79.9. The molecule has 0 aliphatic carbocycles. The van der Waals surface area contributed by atoms with E-state index in [0.717, 1.165) is 10.0 Å². The van der Waals surface area contributed by atoms with E-state index >= 15 is 0 Å². The molecule has 0 heterocycles. The molecule has 3 aromatic carbocycles. The van der Waals surface area contributed by atoms with Crippen molar-refractivity contribution < 1.29 is 9.53 Å². The molecule has 0 saturated heterocycles. The third-order valence-electron chi connectivity index (χ3n) is 4.16. The van der Waals surface area contributed by atoms with Crippen molar-refractivity contribution in [2.45, 2.75) is 0 Å². The summed E-state index contributed by atoms with van der Waals surface area (Å²) in [5.74, 6) is -0.265. The monoisotopic (exact) mass is 568 g/mol. The topological polar surface area (TPSA) is 62.1 Å². The van der Waals surface area contributed by atoms with Crippen LogP contribution in [0.25, 0.3) is 11.6 Å². The maximum absolute atomic E-state index is 12.2. The molecule has 0 aliphatic heterocycles. The normalized spacial score (nSPS) is 11.1. The Kier molecular flexibility index (Phi) is 8.47. The molecule has 162 valence electrons. The lowest BCUT2D eigenvalue weighted by molar-refractivity contribution is -0.118. The third-order valence-corrected chi connectivity index (χ3v) is 5.99. The minimum Gasteiger partial charge on any atom is -0.481 e. The number of benzene rings is 3. The van der Waals surface area contributed by atoms with E-state index in [1.54, 1.807) is 30.3 Å². The standard InChI is InChI=1S/C23H13BrCl4N2O2/c24-16-3-1-14(2-4-16)15(11-29)7-13-8-20(27)23(21(28)9-13)32-12-22(31)30-17-5-6-18(25)19(26)10-17/h1-10H,12H2,(H,30,31)/b15-7+. The molecule has 32 heavy (non-hydrogen) atoms. The van der Waals surface area contributed by atoms with Crippen molar-refractivity contribution in [3.8, 4) is 11.8 Å². The Hall–Kier alpha value is -2.20. The molecule has 9 heteroatoms. The van der Waals surface area contributed by atoms with Gasteiger partial charge in [0, 0.05) is 10.2 Å². The largest absolute Gasteiger partial charge is 0.481 e. The Morgan fingerprint density at radius 3 is 2.22 bits per heavy atom. The SMILES string of the molecule is N#C/C(=C\c1cc(Cl)c(OCC(=O)Nc2ccc(Cl)c(Cl)c2)c(Cl)c1)c1ccc(Br)cc1. The Labute approximate surface area is 213 Å². The lowest BCUT2D eigenvalue weighted by atomic mass is 10.0. The van der Waals surface area contributed by atoms with Crippen LogP contribution in [0.1, 0.15) is 11.1 Å². The number of anilines is 1. The Morgan fingerprint density at radius 1 is 0.969 bits per heavy atom. The third kappa shape index (κ3) is 6.41. The number of nitriles is 1. The Morgan fingerprint density at radius 2 is 1.62 bits per heavy atom. The minimum atomic E-state index is -0.429. The molecule has 0 aromatic heterocycles. The van der Waals surface area contributed by atoms with Gasteiger partial charge in [-0.25, -0.2) is 0 Å². The van der Waals surface area contributed by atoms with Crippen molar-refractivity contribution in [1.29, 1.82) is 5.26 Å². The smallest absolute Gasteiger partial charge is 0.262 e. The number of allylic oxidation sites excluding steroid dienone is 1. The fraction of sp³-hybridized carbons (Fsp3) is 0.0435. The van der Waals surface area contributed by atoms with Gasteiger partial charge in [-0.3, -0.25) is 4.79 Å². The van der Waals surface area contributed by atoms with Gasteiger partial charge in [0.05, 0.1) is 31.7 Å². The number of nitrogens with zero attached hydrogens (tertiary/aromatic N) is 1. The summed E-state index contributed by atoms with van der Waals surface area (Å²) in [5.41, 5.74) is 2.29. The molecule has 0 aliphatic rings. The first kappa shape index (κ1) is 24.4. The number of halogens is 5. The zero-order valence-corrected chi connectivity index (χ0v) is 20.7. The summed E-state index contributed by atoms with van der Waals surface area (Å²) in [7, 11) is 0. The van der Waals surface area contributed by atoms with Crippen LogP contribution in [0, 0.1) is 11.3 Å². The van der Waals surface area contributed by atoms with Crippen LogP contribution in [0.15, 0.2) is 59.1 Å². The van der Waals surface area contributed by atoms with E-state index in [-0.39, 0.29) is 22.4 Å². The van der Waals surface area contributed by atoms with Gasteiger partial charge in [0.25, 0.3) is 5.91 Å². The summed E-state index contributed by atoms with van der Waals surface area (Å²) < 4.78 is 6.43. The number of ether oxygens (including phenoxy) is 1. The van der Waals surface area contributed by atoms with Gasteiger partial charge in [0.2, 0.25) is 0 Å². The van der Waals surface area contributed by atoms with Gasteiger partial charge in [-0.2, -0.15) is 5.26 Å². The molecule has 0 fully saturated rings. The first-order chi connectivity index (χ1) is 15.3. The van der Waals surface area contributed by atoms with Gasteiger partial charge in [-0.05, 0) is 59.7 Å². The van der Waals surface area contributed by atoms with Crippen molar-refractivity contribution in [2.24, 2.45) is 0 Å². The zero-order valence-electron chi connectivity index (χ0n) is 16.1. The Bertz CT molecular complexity index is 1210. The van der Waals surface area contributed by atoms with Crippen LogP contribution < -0.4 is 10.1 Å². The second-order valence-corrected chi connectivity index (χ2v) is 9.00. The van der Waals surface area contributed by atoms with Gasteiger partial charge < -0.3 is 10.1 Å². The summed E-state index contributed by atoms with van der Waals surface area (Å²) in [6.45, 7) is -0.322. The number of hydrogen-bond acceptors (Lipinski definition) is 3. The summed E-state index contributed by atoms with van der Waals surface area (Å²) in [5, 5.41) is 13.3. The zero-order chi connectivity index (χ0) is 23.3. The number of carbonyl (C=O) groups is 1. The maximum atomic E-state index is 12.2. The van der Waals surface area contributed by atoms with Crippen LogP contribution in [0.2, 0.25) is 20.1 Å². The van der Waals surface area contributed by atoms with Crippen molar-refractivity contribution in [3.05, 3.63) is 90.3 Å². The van der Waals surface area contributed by atoms with Gasteiger partial charge in [0.15, 0.2) is 12.4 Å². The van der Waals surface area contributed by atoms with E-state index in [9.17, 15) is 10.1 Å². The van der Waals surface area contributed by atoms with E-state index in [2.05, 4.69) is 27.3 Å². The minimum absolute atomic E-state index is 0.164. The van der Waals surface area contributed by atoms with E-state index in [1.165, 1.54) is 6.07 Å². The highest BCUT2D eigenvalue weighted by Crippen LogP contribution is 2.35. The lowest BCUT2D eigenvalue weighted by Gasteiger charge is -2.12. The molecule has 1 N–H and O–H groups in total. The van der Waals surface area contributed by atoms with Gasteiger partial charge in [-0.15, -0.1) is 0 Å². The van der Waals surface area contributed by atoms with Crippen LogP contribution in [-0.2, 0) is 4.79 Å². The summed E-state index contributed by atoms with van der Waals surface area (Å²) in [4.78, 5) is 12.2. The van der Waals surface area contributed by atoms with E-state index in [4.69, 9.17) is 51.1 Å². The number of rotatable bonds is 6. The van der Waals surface area contributed by atoms with Gasteiger partial charge in [0.1, 0.15) is 0 Å². The average Bonchev–Trinajstić information content (AvgIpc) is 2.75. The van der Waals surface area contributed by atoms with Crippen LogP contribution in [0.3, 0.4) is 0 Å². The van der Waals surface area contributed by atoms with E-state index < -0.39 is 5.91 Å². The number of amides is 1. The summed E-state index contributed by atoms with van der Waals surface area (Å²) >= 11 is 27.8. The average molecular weight is 571 g/mol. The molecule has 1 amide bonds. The summed E-state index contributed by atoms with van der Waals surface area (Å²) in [6.07, 6.45) is 1.67. The summed E-state index contributed by atoms with van der Waals surface area (Å²) in [6, 6.07) is 17.4. The molecule has 0 unspecified atom stereocenters. The highest BCUT2D eigenvalue weighted by Gasteiger charge is 2.13. The Balaban J connectivity index is 1.72. The molecular formula is C23H13BrCl4N2O2. The second-order valence-electron chi connectivity index (χ2n) is 6.46. The molecule has 0 saturated carbocycles. The van der Waals surface area contributed by atoms with E-state index in [0.29, 0.717) is 26.9 Å². The van der Waals surface area contributed by atoms with Crippen molar-refractivity contribution >= 4 is 85.6 Å². The molecule has 3 aromatic rings.